The Morgan fingerprint density at radius 1 is 1.43 bits per heavy atom. The Morgan fingerprint density at radius 3 is 2.95 bits per heavy atom. The zero-order chi connectivity index (χ0) is 14.8. The largest absolute Gasteiger partial charge is 0.426 e. The molecule has 0 saturated carbocycles. The average molecular weight is 295 g/mol. The minimum atomic E-state index is 0.0546. The lowest BCUT2D eigenvalue weighted by Gasteiger charge is -2.18. The number of fused-ring (bicyclic) bond motifs is 1. The number of hydrogen-bond acceptors (Lipinski definition) is 6. The van der Waals surface area contributed by atoms with Crippen molar-refractivity contribution in [3.8, 4) is 0 Å². The number of hydrogen-bond donors (Lipinski definition) is 0. The zero-order valence-electron chi connectivity index (χ0n) is 12.4. The van der Waals surface area contributed by atoms with Crippen LogP contribution in [0.3, 0.4) is 0 Å². The molecule has 2 saturated heterocycles. The van der Waals surface area contributed by atoms with Crippen LogP contribution in [-0.4, -0.2) is 59.5 Å². The standard InChI is InChI=1S/C14H21N3O4/c1-3-19-8-14(18)17-6-10-4-11(21-12(10)7-17)5-13-16-15-9(2)20-13/h10-12H,3-8H2,1-2H3/t10-,11+,12+/m1/s1. The number of carbonyl (C=O) groups excluding carboxylic acids is 1. The number of rotatable bonds is 5. The number of nitrogens with zero attached hydrogens (tertiary/aromatic N) is 3. The van der Waals surface area contributed by atoms with Gasteiger partial charge >= 0.3 is 0 Å². The van der Waals surface area contributed by atoms with Crippen LogP contribution in [0.1, 0.15) is 25.1 Å². The van der Waals surface area contributed by atoms with E-state index in [-0.39, 0.29) is 24.7 Å². The van der Waals surface area contributed by atoms with Gasteiger partial charge in [0.15, 0.2) is 0 Å². The fourth-order valence-electron chi connectivity index (χ4n) is 3.09. The Bertz CT molecular complexity index is 490. The lowest BCUT2D eigenvalue weighted by molar-refractivity contribution is -0.135. The highest BCUT2D eigenvalue weighted by Crippen LogP contribution is 2.34. The number of amides is 1. The summed E-state index contributed by atoms with van der Waals surface area (Å²) in [5.41, 5.74) is 0. The van der Waals surface area contributed by atoms with Crippen molar-refractivity contribution in [2.45, 2.75) is 38.9 Å². The van der Waals surface area contributed by atoms with Crippen molar-refractivity contribution >= 4 is 5.91 Å². The maximum absolute atomic E-state index is 11.9. The molecule has 0 aromatic carbocycles. The molecule has 0 aliphatic carbocycles. The molecule has 0 unspecified atom stereocenters. The molecule has 2 aliphatic heterocycles. The van der Waals surface area contributed by atoms with Gasteiger partial charge in [0, 0.05) is 32.5 Å². The molecular weight excluding hydrogens is 274 g/mol. The summed E-state index contributed by atoms with van der Waals surface area (Å²) in [6, 6.07) is 0. The third-order valence-corrected chi connectivity index (χ3v) is 4.07. The Kier molecular flexibility index (Phi) is 4.21. The van der Waals surface area contributed by atoms with Crippen molar-refractivity contribution in [3.05, 3.63) is 11.8 Å². The first-order valence-electron chi connectivity index (χ1n) is 7.45. The van der Waals surface area contributed by atoms with Gasteiger partial charge in [-0.15, -0.1) is 10.2 Å². The molecule has 1 amide bonds. The van der Waals surface area contributed by atoms with Crippen molar-refractivity contribution in [2.24, 2.45) is 5.92 Å². The summed E-state index contributed by atoms with van der Waals surface area (Å²) in [4.78, 5) is 13.8. The lowest BCUT2D eigenvalue weighted by Crippen LogP contribution is -2.34. The van der Waals surface area contributed by atoms with Crippen molar-refractivity contribution in [2.75, 3.05) is 26.3 Å². The maximum Gasteiger partial charge on any atom is 0.248 e. The Balaban J connectivity index is 1.48. The fourth-order valence-corrected chi connectivity index (χ4v) is 3.09. The molecule has 7 nitrogen and oxygen atoms in total. The lowest BCUT2D eigenvalue weighted by atomic mass is 10.0. The van der Waals surface area contributed by atoms with E-state index in [0.717, 1.165) is 13.0 Å². The van der Waals surface area contributed by atoms with Gasteiger partial charge < -0.3 is 18.8 Å². The molecule has 3 atom stereocenters. The van der Waals surface area contributed by atoms with Crippen LogP contribution in [0.5, 0.6) is 0 Å². The Hall–Kier alpha value is -1.47. The van der Waals surface area contributed by atoms with E-state index in [9.17, 15) is 4.79 Å². The molecule has 21 heavy (non-hydrogen) atoms. The highest BCUT2D eigenvalue weighted by molar-refractivity contribution is 5.77. The van der Waals surface area contributed by atoms with Gasteiger partial charge in [-0.3, -0.25) is 4.79 Å². The second-order valence-electron chi connectivity index (χ2n) is 5.65. The quantitative estimate of drug-likeness (QED) is 0.790. The first-order chi connectivity index (χ1) is 10.2. The molecule has 2 fully saturated rings. The van der Waals surface area contributed by atoms with Crippen LogP contribution in [0.25, 0.3) is 0 Å². The van der Waals surface area contributed by atoms with Gasteiger partial charge in [0.2, 0.25) is 17.7 Å². The van der Waals surface area contributed by atoms with Gasteiger partial charge in [-0.2, -0.15) is 0 Å². The van der Waals surface area contributed by atoms with E-state index in [1.165, 1.54) is 0 Å². The summed E-state index contributed by atoms with van der Waals surface area (Å²) < 4.78 is 16.6. The second-order valence-corrected chi connectivity index (χ2v) is 5.65. The minimum absolute atomic E-state index is 0.0546. The molecule has 116 valence electrons. The molecule has 7 heteroatoms. The van der Waals surface area contributed by atoms with Crippen LogP contribution in [-0.2, 0) is 20.7 Å². The minimum Gasteiger partial charge on any atom is -0.426 e. The number of aromatic nitrogens is 2. The normalized spacial score (nSPS) is 28.1. The predicted molar refractivity (Wildman–Crippen MR) is 72.6 cm³/mol. The summed E-state index contributed by atoms with van der Waals surface area (Å²) in [6.07, 6.45) is 1.83. The zero-order valence-corrected chi connectivity index (χ0v) is 12.4. The van der Waals surface area contributed by atoms with Gasteiger partial charge in [-0.25, -0.2) is 0 Å². The van der Waals surface area contributed by atoms with Gasteiger partial charge in [-0.1, -0.05) is 0 Å². The highest BCUT2D eigenvalue weighted by Gasteiger charge is 2.43. The molecule has 2 aliphatic rings. The monoisotopic (exact) mass is 295 g/mol. The molecule has 0 spiro atoms. The average Bonchev–Trinajstić information content (AvgIpc) is 3.11. The third-order valence-electron chi connectivity index (χ3n) is 4.07. The van der Waals surface area contributed by atoms with Crippen LogP contribution in [0, 0.1) is 12.8 Å². The summed E-state index contributed by atoms with van der Waals surface area (Å²) >= 11 is 0. The smallest absolute Gasteiger partial charge is 0.248 e. The summed E-state index contributed by atoms with van der Waals surface area (Å²) in [5, 5.41) is 7.83. The van der Waals surface area contributed by atoms with Gasteiger partial charge in [0.05, 0.1) is 18.6 Å². The summed E-state index contributed by atoms with van der Waals surface area (Å²) in [6.45, 7) is 5.82. The van der Waals surface area contributed by atoms with Gasteiger partial charge in [0.25, 0.3) is 0 Å². The molecule has 3 heterocycles. The number of ether oxygens (including phenoxy) is 2. The molecular formula is C14H21N3O4. The van der Waals surface area contributed by atoms with Crippen LogP contribution in [0.15, 0.2) is 4.42 Å². The molecule has 0 N–H and O–H groups in total. The van der Waals surface area contributed by atoms with Crippen molar-refractivity contribution in [3.63, 3.8) is 0 Å². The topological polar surface area (TPSA) is 77.7 Å². The SMILES string of the molecule is CCOCC(=O)N1C[C@H]2C[C@@H](Cc3nnc(C)o3)O[C@H]2C1. The number of likely N-dealkylation sites (tertiary alicyclic amines) is 1. The van der Waals surface area contributed by atoms with E-state index < -0.39 is 0 Å². The van der Waals surface area contributed by atoms with Crippen molar-refractivity contribution in [1.82, 2.24) is 15.1 Å². The van der Waals surface area contributed by atoms with Gasteiger partial charge in [-0.05, 0) is 13.3 Å². The first-order valence-corrected chi connectivity index (χ1v) is 7.45. The third kappa shape index (κ3) is 3.24. The van der Waals surface area contributed by atoms with E-state index in [4.69, 9.17) is 13.9 Å². The second kappa shape index (κ2) is 6.11. The first kappa shape index (κ1) is 14.5. The molecule has 3 rings (SSSR count). The summed E-state index contributed by atoms with van der Waals surface area (Å²) in [5.74, 6) is 1.67. The van der Waals surface area contributed by atoms with E-state index >= 15 is 0 Å². The molecule has 1 aromatic rings. The maximum atomic E-state index is 11.9. The van der Waals surface area contributed by atoms with E-state index in [1.54, 1.807) is 6.92 Å². The highest BCUT2D eigenvalue weighted by atomic mass is 16.5. The van der Waals surface area contributed by atoms with Crippen molar-refractivity contribution in [1.29, 1.82) is 0 Å². The van der Waals surface area contributed by atoms with Crippen LogP contribution < -0.4 is 0 Å². The molecule has 0 radical (unpaired) electrons. The molecule has 0 bridgehead atoms. The summed E-state index contributed by atoms with van der Waals surface area (Å²) in [7, 11) is 0. The predicted octanol–water partition coefficient (Wildman–Crippen LogP) is 0.573. The fraction of sp³-hybridized carbons (Fsp3) is 0.786. The number of aryl methyl sites for hydroxylation is 1. The van der Waals surface area contributed by atoms with Crippen molar-refractivity contribution < 1.29 is 18.7 Å². The van der Waals surface area contributed by atoms with E-state index in [1.807, 2.05) is 11.8 Å². The van der Waals surface area contributed by atoms with E-state index in [0.29, 0.717) is 37.3 Å². The van der Waals surface area contributed by atoms with E-state index in [2.05, 4.69) is 10.2 Å². The Labute approximate surface area is 123 Å². The molecule has 1 aromatic heterocycles. The van der Waals surface area contributed by atoms with Gasteiger partial charge in [0.1, 0.15) is 6.61 Å². The van der Waals surface area contributed by atoms with Crippen LogP contribution >= 0.6 is 0 Å². The number of carbonyl (C=O) groups is 1. The van der Waals surface area contributed by atoms with Crippen LogP contribution in [0.2, 0.25) is 0 Å². The van der Waals surface area contributed by atoms with Crippen LogP contribution in [0.4, 0.5) is 0 Å². The Morgan fingerprint density at radius 2 is 2.29 bits per heavy atom.